The highest BCUT2D eigenvalue weighted by Gasteiger charge is 2.38. The molecule has 0 aliphatic rings. The van der Waals surface area contributed by atoms with E-state index in [1.54, 1.807) is 12.1 Å². The molecule has 0 aliphatic heterocycles. The van der Waals surface area contributed by atoms with Crippen molar-refractivity contribution in [2.75, 3.05) is 6.54 Å². The van der Waals surface area contributed by atoms with Crippen LogP contribution in [0.25, 0.3) is 11.4 Å². The topological polar surface area (TPSA) is 97.1 Å². The lowest BCUT2D eigenvalue weighted by Crippen LogP contribution is -2.39. The number of carbonyl (C=O) groups is 2. The zero-order chi connectivity index (χ0) is 18.4. The van der Waals surface area contributed by atoms with Crippen LogP contribution < -0.4 is 10.6 Å². The second kappa shape index (κ2) is 7.60. The average Bonchev–Trinajstić information content (AvgIpc) is 3.08. The van der Waals surface area contributed by atoms with Crippen molar-refractivity contribution in [1.82, 2.24) is 20.8 Å². The van der Waals surface area contributed by atoms with Crippen LogP contribution in [0, 0.1) is 0 Å². The molecule has 2 amide bonds. The van der Waals surface area contributed by atoms with Crippen LogP contribution in [0.4, 0.5) is 13.2 Å². The van der Waals surface area contributed by atoms with E-state index in [1.165, 1.54) is 18.2 Å². The van der Waals surface area contributed by atoms with Gasteiger partial charge in [-0.25, -0.2) is 0 Å². The Balaban J connectivity index is 1.96. The Morgan fingerprint density at radius 1 is 1.16 bits per heavy atom. The van der Waals surface area contributed by atoms with Crippen LogP contribution in [0.5, 0.6) is 0 Å². The second-order valence-electron chi connectivity index (χ2n) is 4.80. The van der Waals surface area contributed by atoms with Gasteiger partial charge in [0, 0.05) is 18.7 Å². The van der Waals surface area contributed by atoms with Crippen LogP contribution in [0.2, 0.25) is 0 Å². The zero-order valence-corrected chi connectivity index (χ0v) is 12.8. The number of nitrogens with zero attached hydrogens (tertiary/aromatic N) is 2. The summed E-state index contributed by atoms with van der Waals surface area (Å²) in [5.74, 6) is -3.22. The molecule has 0 unspecified atom stereocenters. The third-order valence-electron chi connectivity index (χ3n) is 2.95. The summed E-state index contributed by atoms with van der Waals surface area (Å²) in [6.07, 6.45) is -3.27. The molecule has 0 spiro atoms. The van der Waals surface area contributed by atoms with Gasteiger partial charge in [-0.3, -0.25) is 9.59 Å². The molecular formula is C15H13F3N4O3. The first-order valence-electron chi connectivity index (χ1n) is 6.98. The monoisotopic (exact) mass is 354 g/mol. The summed E-state index contributed by atoms with van der Waals surface area (Å²) >= 11 is 0. The van der Waals surface area contributed by atoms with Gasteiger partial charge >= 0.3 is 23.9 Å². The third-order valence-corrected chi connectivity index (χ3v) is 2.95. The molecule has 0 radical (unpaired) electrons. The molecular weight excluding hydrogens is 341 g/mol. The fourth-order valence-corrected chi connectivity index (χ4v) is 1.74. The van der Waals surface area contributed by atoms with E-state index in [9.17, 15) is 22.8 Å². The van der Waals surface area contributed by atoms with E-state index < -0.39 is 23.9 Å². The molecule has 2 rings (SSSR count). The zero-order valence-electron chi connectivity index (χ0n) is 12.8. The number of alkyl halides is 3. The fraction of sp³-hybridized carbons (Fsp3) is 0.200. The molecule has 10 heteroatoms. The van der Waals surface area contributed by atoms with E-state index in [0.29, 0.717) is 11.1 Å². The Labute approximate surface area is 139 Å². The van der Waals surface area contributed by atoms with Gasteiger partial charge < -0.3 is 15.2 Å². The van der Waals surface area contributed by atoms with Gasteiger partial charge in [-0.05, 0) is 5.56 Å². The van der Waals surface area contributed by atoms with E-state index in [1.807, 2.05) is 0 Å². The first-order valence-corrected chi connectivity index (χ1v) is 6.98. The number of nitrogens with one attached hydrogen (secondary N) is 2. The van der Waals surface area contributed by atoms with Crippen molar-refractivity contribution >= 4 is 11.8 Å². The minimum Gasteiger partial charge on any atom is -0.344 e. The molecule has 25 heavy (non-hydrogen) atoms. The fourth-order valence-electron chi connectivity index (χ4n) is 1.74. The van der Waals surface area contributed by atoms with Crippen LogP contribution in [0.1, 0.15) is 11.5 Å². The maximum atomic E-state index is 12.4. The van der Waals surface area contributed by atoms with Crippen molar-refractivity contribution in [1.29, 1.82) is 0 Å². The predicted molar refractivity (Wildman–Crippen MR) is 79.8 cm³/mol. The highest BCUT2D eigenvalue weighted by molar-refractivity contribution is 6.35. The summed E-state index contributed by atoms with van der Waals surface area (Å²) in [5.41, 5.74) is 0.950. The lowest BCUT2D eigenvalue weighted by atomic mass is 10.1. The number of hydrogen-bond acceptors (Lipinski definition) is 5. The number of carbonyl (C=O) groups excluding carboxylic acids is 2. The third kappa shape index (κ3) is 4.90. The van der Waals surface area contributed by atoms with E-state index in [0.717, 1.165) is 0 Å². The summed E-state index contributed by atoms with van der Waals surface area (Å²) in [4.78, 5) is 26.1. The average molecular weight is 354 g/mol. The van der Waals surface area contributed by atoms with Gasteiger partial charge in [-0.15, -0.1) is 6.58 Å². The van der Waals surface area contributed by atoms with Crippen molar-refractivity contribution in [3.05, 3.63) is 48.4 Å². The van der Waals surface area contributed by atoms with Crippen LogP contribution in [-0.2, 0) is 22.3 Å². The highest BCUT2D eigenvalue weighted by atomic mass is 19.4. The first kappa shape index (κ1) is 18.2. The Morgan fingerprint density at radius 2 is 1.80 bits per heavy atom. The van der Waals surface area contributed by atoms with E-state index >= 15 is 0 Å². The summed E-state index contributed by atoms with van der Waals surface area (Å²) in [6.45, 7) is 3.65. The number of hydrogen-bond donors (Lipinski definition) is 2. The van der Waals surface area contributed by atoms with Gasteiger partial charge in [0.25, 0.3) is 0 Å². The molecule has 7 nitrogen and oxygen atoms in total. The minimum absolute atomic E-state index is 0.0701. The van der Waals surface area contributed by atoms with Gasteiger partial charge in [0.05, 0.1) is 0 Å². The lowest BCUT2D eigenvalue weighted by molar-refractivity contribution is -0.159. The number of amides is 2. The molecule has 1 aromatic heterocycles. The molecule has 0 aliphatic carbocycles. The summed E-state index contributed by atoms with van der Waals surface area (Å²) in [7, 11) is 0. The SMILES string of the molecule is C=CCNC(=O)C(=O)NCc1ccc(-c2noc(C(F)(F)F)n2)cc1. The van der Waals surface area contributed by atoms with E-state index in [4.69, 9.17) is 0 Å². The molecule has 132 valence electrons. The standard InChI is InChI=1S/C15H13F3N4O3/c1-2-7-19-12(23)13(24)20-8-9-3-5-10(6-4-9)11-21-14(25-22-11)15(16,17)18/h2-6H,1,7-8H2,(H,19,23)(H,20,24). The quantitative estimate of drug-likeness (QED) is 0.629. The molecule has 1 aromatic carbocycles. The predicted octanol–water partition coefficient (Wildman–Crippen LogP) is 1.67. The smallest absolute Gasteiger partial charge is 0.344 e. The van der Waals surface area contributed by atoms with Crippen LogP contribution in [0.15, 0.2) is 41.4 Å². The Morgan fingerprint density at radius 3 is 2.36 bits per heavy atom. The van der Waals surface area contributed by atoms with Crippen molar-refractivity contribution in [2.45, 2.75) is 12.7 Å². The van der Waals surface area contributed by atoms with Gasteiger partial charge in [-0.2, -0.15) is 18.2 Å². The van der Waals surface area contributed by atoms with E-state index in [-0.39, 0.29) is 18.9 Å². The Kier molecular flexibility index (Phi) is 5.52. The molecule has 2 aromatic rings. The van der Waals surface area contributed by atoms with Crippen LogP contribution >= 0.6 is 0 Å². The molecule has 0 saturated heterocycles. The maximum absolute atomic E-state index is 12.4. The summed E-state index contributed by atoms with van der Waals surface area (Å²) < 4.78 is 41.4. The van der Waals surface area contributed by atoms with Crippen molar-refractivity contribution in [3.8, 4) is 11.4 Å². The highest BCUT2D eigenvalue weighted by Crippen LogP contribution is 2.29. The normalized spacial score (nSPS) is 11.0. The van der Waals surface area contributed by atoms with E-state index in [2.05, 4.69) is 31.9 Å². The summed E-state index contributed by atoms with van der Waals surface area (Å²) in [6, 6.07) is 6.07. The van der Waals surface area contributed by atoms with Crippen LogP contribution in [-0.4, -0.2) is 28.5 Å². The Bertz CT molecular complexity index is 769. The molecule has 0 saturated carbocycles. The van der Waals surface area contributed by atoms with Gasteiger partial charge in [-0.1, -0.05) is 35.5 Å². The molecule has 0 bridgehead atoms. The number of rotatable bonds is 5. The second-order valence-corrected chi connectivity index (χ2v) is 4.80. The van der Waals surface area contributed by atoms with Crippen molar-refractivity contribution in [3.63, 3.8) is 0 Å². The summed E-state index contributed by atoms with van der Waals surface area (Å²) in [5, 5.41) is 8.00. The molecule has 0 fully saturated rings. The molecule has 1 heterocycles. The largest absolute Gasteiger partial charge is 0.471 e. The van der Waals surface area contributed by atoms with Gasteiger partial charge in [0.15, 0.2) is 0 Å². The Hall–Kier alpha value is -3.17. The molecule has 0 atom stereocenters. The van der Waals surface area contributed by atoms with Gasteiger partial charge in [0.1, 0.15) is 0 Å². The van der Waals surface area contributed by atoms with Crippen molar-refractivity contribution in [2.24, 2.45) is 0 Å². The maximum Gasteiger partial charge on any atom is 0.471 e. The molecule has 2 N–H and O–H groups in total. The van der Waals surface area contributed by atoms with Crippen molar-refractivity contribution < 1.29 is 27.3 Å². The minimum atomic E-state index is -4.71. The number of halogens is 3. The number of benzene rings is 1. The van der Waals surface area contributed by atoms with Gasteiger partial charge in [0.2, 0.25) is 5.82 Å². The van der Waals surface area contributed by atoms with Crippen LogP contribution in [0.3, 0.4) is 0 Å². The lowest BCUT2D eigenvalue weighted by Gasteiger charge is -2.05. The number of aromatic nitrogens is 2. The first-order chi connectivity index (χ1) is 11.8.